The van der Waals surface area contributed by atoms with Crippen LogP contribution in [0.4, 0.5) is 0 Å². The summed E-state index contributed by atoms with van der Waals surface area (Å²) in [5.41, 5.74) is 6.17. The number of hydrogen-bond acceptors (Lipinski definition) is 3. The van der Waals surface area contributed by atoms with Gasteiger partial charge in [-0.2, -0.15) is 0 Å². The van der Waals surface area contributed by atoms with Crippen LogP contribution in [0.5, 0.6) is 0 Å². The van der Waals surface area contributed by atoms with E-state index in [9.17, 15) is 4.79 Å². The van der Waals surface area contributed by atoms with Crippen LogP contribution in [0.25, 0.3) is 0 Å². The molecule has 0 bridgehead atoms. The molecule has 0 aromatic carbocycles. The molecule has 3 heteroatoms. The molecule has 0 aliphatic heterocycles. The largest absolute Gasteiger partial charge is 0.385 e. The predicted molar refractivity (Wildman–Crippen MR) is 67.3 cm³/mol. The van der Waals surface area contributed by atoms with Gasteiger partial charge in [0.2, 0.25) is 0 Å². The van der Waals surface area contributed by atoms with E-state index in [0.717, 1.165) is 12.8 Å². The van der Waals surface area contributed by atoms with Crippen molar-refractivity contribution in [3.05, 3.63) is 0 Å². The summed E-state index contributed by atoms with van der Waals surface area (Å²) in [4.78, 5) is 11.8. The third-order valence-corrected chi connectivity index (χ3v) is 2.64. The van der Waals surface area contributed by atoms with Crippen LogP contribution in [0.2, 0.25) is 0 Å². The standard InChI is InChI=1S/C13H27NO2/c1-10(6-7-16-5)12(15)8-11(14)9-13(2,3)4/h10-11H,6-9,14H2,1-5H3. The van der Waals surface area contributed by atoms with E-state index in [2.05, 4.69) is 20.8 Å². The van der Waals surface area contributed by atoms with Gasteiger partial charge in [-0.1, -0.05) is 27.7 Å². The Bertz CT molecular complexity index is 208. The minimum Gasteiger partial charge on any atom is -0.385 e. The molecule has 0 saturated carbocycles. The van der Waals surface area contributed by atoms with Gasteiger partial charge in [0.1, 0.15) is 5.78 Å². The van der Waals surface area contributed by atoms with Gasteiger partial charge in [0, 0.05) is 32.1 Å². The topological polar surface area (TPSA) is 52.3 Å². The molecule has 3 nitrogen and oxygen atoms in total. The van der Waals surface area contributed by atoms with E-state index in [1.807, 2.05) is 6.92 Å². The number of carbonyl (C=O) groups excluding carboxylic acids is 1. The third kappa shape index (κ3) is 7.83. The molecule has 2 atom stereocenters. The summed E-state index contributed by atoms with van der Waals surface area (Å²) < 4.78 is 4.96. The summed E-state index contributed by atoms with van der Waals surface area (Å²) in [6.45, 7) is 9.02. The highest BCUT2D eigenvalue weighted by atomic mass is 16.5. The van der Waals surface area contributed by atoms with Crippen molar-refractivity contribution in [2.24, 2.45) is 17.1 Å². The first-order valence-electron chi connectivity index (χ1n) is 6.03. The number of nitrogens with two attached hydrogens (primary N) is 1. The Morgan fingerprint density at radius 3 is 2.38 bits per heavy atom. The van der Waals surface area contributed by atoms with E-state index in [1.54, 1.807) is 7.11 Å². The van der Waals surface area contributed by atoms with Gasteiger partial charge in [-0.25, -0.2) is 0 Å². The molecular weight excluding hydrogens is 202 g/mol. The molecule has 0 saturated heterocycles. The number of Topliss-reactive ketones (excluding diaryl/α,β-unsaturated/α-hetero) is 1. The van der Waals surface area contributed by atoms with Gasteiger partial charge < -0.3 is 10.5 Å². The normalized spacial score (nSPS) is 15.9. The maximum Gasteiger partial charge on any atom is 0.137 e. The van der Waals surface area contributed by atoms with Crippen molar-refractivity contribution >= 4 is 5.78 Å². The lowest BCUT2D eigenvalue weighted by molar-refractivity contribution is -0.123. The Morgan fingerprint density at radius 2 is 1.94 bits per heavy atom. The molecule has 0 aromatic rings. The van der Waals surface area contributed by atoms with E-state index < -0.39 is 0 Å². The summed E-state index contributed by atoms with van der Waals surface area (Å²) in [7, 11) is 1.66. The molecule has 0 rings (SSSR count). The lowest BCUT2D eigenvalue weighted by Gasteiger charge is -2.23. The van der Waals surface area contributed by atoms with Crippen LogP contribution in [0.3, 0.4) is 0 Å². The molecule has 0 amide bonds. The number of ketones is 1. The molecule has 16 heavy (non-hydrogen) atoms. The second-order valence-electron chi connectivity index (χ2n) is 5.88. The number of ether oxygens (including phenoxy) is 1. The van der Waals surface area contributed by atoms with Gasteiger partial charge in [0.05, 0.1) is 0 Å². The number of hydrogen-bond donors (Lipinski definition) is 1. The van der Waals surface area contributed by atoms with Crippen LogP contribution in [-0.2, 0) is 9.53 Å². The second-order valence-corrected chi connectivity index (χ2v) is 5.88. The lowest BCUT2D eigenvalue weighted by atomic mass is 9.85. The number of rotatable bonds is 7. The smallest absolute Gasteiger partial charge is 0.137 e. The molecule has 2 unspecified atom stereocenters. The van der Waals surface area contributed by atoms with Crippen molar-refractivity contribution in [3.8, 4) is 0 Å². The minimum atomic E-state index is -0.0162. The maximum absolute atomic E-state index is 11.8. The van der Waals surface area contributed by atoms with E-state index in [1.165, 1.54) is 0 Å². The zero-order chi connectivity index (χ0) is 12.8. The first-order valence-corrected chi connectivity index (χ1v) is 6.03. The van der Waals surface area contributed by atoms with Gasteiger partial charge in [-0.3, -0.25) is 4.79 Å². The fraction of sp³-hybridized carbons (Fsp3) is 0.923. The van der Waals surface area contributed by atoms with Crippen molar-refractivity contribution in [2.45, 2.75) is 53.0 Å². The zero-order valence-electron chi connectivity index (χ0n) is 11.4. The Hall–Kier alpha value is -0.410. The highest BCUT2D eigenvalue weighted by Gasteiger charge is 2.20. The highest BCUT2D eigenvalue weighted by molar-refractivity contribution is 5.81. The molecule has 96 valence electrons. The van der Waals surface area contributed by atoms with Crippen molar-refractivity contribution in [2.75, 3.05) is 13.7 Å². The average Bonchev–Trinajstić information content (AvgIpc) is 2.10. The van der Waals surface area contributed by atoms with Gasteiger partial charge in [0.25, 0.3) is 0 Å². The third-order valence-electron chi connectivity index (χ3n) is 2.64. The molecule has 0 fully saturated rings. The van der Waals surface area contributed by atoms with Crippen molar-refractivity contribution < 1.29 is 9.53 Å². The summed E-state index contributed by atoms with van der Waals surface area (Å²) in [6.07, 6.45) is 2.16. The van der Waals surface area contributed by atoms with Gasteiger partial charge in [0.15, 0.2) is 0 Å². The number of methoxy groups -OCH3 is 1. The van der Waals surface area contributed by atoms with Gasteiger partial charge >= 0.3 is 0 Å². The number of carbonyl (C=O) groups is 1. The molecule has 0 spiro atoms. The van der Waals surface area contributed by atoms with Crippen molar-refractivity contribution in [1.82, 2.24) is 0 Å². The Balaban J connectivity index is 3.94. The maximum atomic E-state index is 11.8. The Labute approximate surface area is 99.7 Å². The molecule has 0 aliphatic rings. The van der Waals surface area contributed by atoms with E-state index >= 15 is 0 Å². The summed E-state index contributed by atoms with van der Waals surface area (Å²) in [5.74, 6) is 0.319. The predicted octanol–water partition coefficient (Wildman–Crippen LogP) is 2.38. The quantitative estimate of drug-likeness (QED) is 0.729. The molecule has 0 aliphatic carbocycles. The van der Waals surface area contributed by atoms with E-state index in [-0.39, 0.29) is 23.2 Å². The summed E-state index contributed by atoms with van der Waals surface area (Å²) >= 11 is 0. The SMILES string of the molecule is COCCC(C)C(=O)CC(N)CC(C)(C)C. The monoisotopic (exact) mass is 229 g/mol. The Kier molecular flexibility index (Phi) is 6.84. The molecular formula is C13H27NO2. The fourth-order valence-corrected chi connectivity index (χ4v) is 1.77. The highest BCUT2D eigenvalue weighted by Crippen LogP contribution is 2.22. The van der Waals surface area contributed by atoms with Crippen LogP contribution in [0.1, 0.15) is 47.0 Å². The van der Waals surface area contributed by atoms with Crippen LogP contribution in [0.15, 0.2) is 0 Å². The van der Waals surface area contributed by atoms with Gasteiger partial charge in [-0.05, 0) is 18.3 Å². The summed E-state index contributed by atoms with van der Waals surface area (Å²) in [6, 6.07) is -0.0162. The molecule has 0 radical (unpaired) electrons. The second kappa shape index (κ2) is 7.02. The first kappa shape index (κ1) is 15.6. The van der Waals surface area contributed by atoms with Crippen molar-refractivity contribution in [1.29, 1.82) is 0 Å². The van der Waals surface area contributed by atoms with Crippen LogP contribution in [-0.4, -0.2) is 25.5 Å². The molecule has 0 heterocycles. The fourth-order valence-electron chi connectivity index (χ4n) is 1.77. The minimum absolute atomic E-state index is 0.0162. The molecule has 0 aromatic heterocycles. The van der Waals surface area contributed by atoms with Crippen LogP contribution >= 0.6 is 0 Å². The van der Waals surface area contributed by atoms with Crippen LogP contribution in [0, 0.1) is 11.3 Å². The zero-order valence-corrected chi connectivity index (χ0v) is 11.4. The Morgan fingerprint density at radius 1 is 1.38 bits per heavy atom. The van der Waals surface area contributed by atoms with Gasteiger partial charge in [-0.15, -0.1) is 0 Å². The molecule has 2 N–H and O–H groups in total. The van der Waals surface area contributed by atoms with E-state index in [0.29, 0.717) is 13.0 Å². The van der Waals surface area contributed by atoms with E-state index in [4.69, 9.17) is 10.5 Å². The lowest BCUT2D eigenvalue weighted by Crippen LogP contribution is -2.30. The van der Waals surface area contributed by atoms with Crippen molar-refractivity contribution in [3.63, 3.8) is 0 Å². The first-order chi connectivity index (χ1) is 7.26. The summed E-state index contributed by atoms with van der Waals surface area (Å²) in [5, 5.41) is 0. The average molecular weight is 229 g/mol. The van der Waals surface area contributed by atoms with Crippen LogP contribution < -0.4 is 5.73 Å².